The molecule has 2 N–H and O–H groups in total. The van der Waals surface area contributed by atoms with E-state index in [4.69, 9.17) is 21.9 Å². The Kier molecular flexibility index (Phi) is 3.08. The Bertz CT molecular complexity index is 740. The van der Waals surface area contributed by atoms with Crippen LogP contribution >= 0.6 is 11.6 Å². The molecule has 0 atom stereocenters. The Hall–Kier alpha value is -2.47. The molecule has 100 valence electrons. The lowest BCUT2D eigenvalue weighted by atomic mass is 10.0. The van der Waals surface area contributed by atoms with E-state index in [9.17, 15) is 4.39 Å². The van der Waals surface area contributed by atoms with Crippen molar-refractivity contribution in [1.29, 1.82) is 0 Å². The zero-order chi connectivity index (χ0) is 14.1. The van der Waals surface area contributed by atoms with Gasteiger partial charge in [0, 0.05) is 11.1 Å². The molecule has 0 saturated carbocycles. The normalized spacial score (nSPS) is 10.7. The van der Waals surface area contributed by atoms with E-state index in [2.05, 4.69) is 15.4 Å². The lowest BCUT2D eigenvalue weighted by Crippen LogP contribution is -1.92. The van der Waals surface area contributed by atoms with Crippen molar-refractivity contribution >= 4 is 17.5 Å². The van der Waals surface area contributed by atoms with Crippen molar-refractivity contribution in [3.63, 3.8) is 0 Å². The number of halogens is 2. The summed E-state index contributed by atoms with van der Waals surface area (Å²) in [4.78, 5) is 0. The van der Waals surface area contributed by atoms with Crippen LogP contribution in [0.2, 0.25) is 5.02 Å². The largest absolute Gasteiger partial charge is 0.367 e. The van der Waals surface area contributed by atoms with Crippen LogP contribution in [0.15, 0.2) is 41.2 Å². The lowest BCUT2D eigenvalue weighted by molar-refractivity contribution is 0.439. The zero-order valence-electron chi connectivity index (χ0n) is 10.0. The minimum absolute atomic E-state index is 0.0104. The summed E-state index contributed by atoms with van der Waals surface area (Å²) in [6, 6.07) is 6.05. The van der Waals surface area contributed by atoms with Gasteiger partial charge < -0.3 is 10.3 Å². The fourth-order valence-electron chi connectivity index (χ4n) is 1.91. The SMILES string of the molecule is Nc1onc(-c2ccnnc2)c1-c1c(F)cccc1Cl. The van der Waals surface area contributed by atoms with Crippen LogP contribution in [0, 0.1) is 5.82 Å². The van der Waals surface area contributed by atoms with E-state index in [0.29, 0.717) is 16.8 Å². The van der Waals surface area contributed by atoms with Crippen molar-refractivity contribution in [2.75, 3.05) is 5.73 Å². The summed E-state index contributed by atoms with van der Waals surface area (Å²) in [6.07, 6.45) is 2.97. The van der Waals surface area contributed by atoms with Gasteiger partial charge in [-0.15, -0.1) is 0 Å². The first kappa shape index (κ1) is 12.6. The van der Waals surface area contributed by atoms with Crippen molar-refractivity contribution in [3.05, 3.63) is 47.5 Å². The highest BCUT2D eigenvalue weighted by molar-refractivity contribution is 6.33. The molecule has 3 rings (SSSR count). The van der Waals surface area contributed by atoms with Gasteiger partial charge in [0.1, 0.15) is 11.5 Å². The summed E-state index contributed by atoms with van der Waals surface area (Å²) in [6.45, 7) is 0. The third-order valence-corrected chi connectivity index (χ3v) is 3.10. The third kappa shape index (κ3) is 2.00. The summed E-state index contributed by atoms with van der Waals surface area (Å²) in [5.74, 6) is -0.514. The number of hydrogen-bond donors (Lipinski definition) is 1. The maximum Gasteiger partial charge on any atom is 0.230 e. The summed E-state index contributed by atoms with van der Waals surface area (Å²) < 4.78 is 19.0. The van der Waals surface area contributed by atoms with E-state index in [1.165, 1.54) is 24.5 Å². The van der Waals surface area contributed by atoms with Gasteiger partial charge in [0.05, 0.1) is 23.0 Å². The molecule has 0 radical (unpaired) electrons. The van der Waals surface area contributed by atoms with Crippen LogP contribution < -0.4 is 5.73 Å². The van der Waals surface area contributed by atoms with Crippen molar-refractivity contribution in [3.8, 4) is 22.4 Å². The van der Waals surface area contributed by atoms with Gasteiger partial charge in [-0.2, -0.15) is 10.2 Å². The van der Waals surface area contributed by atoms with Crippen LogP contribution in [-0.4, -0.2) is 15.4 Å². The molecule has 5 nitrogen and oxygen atoms in total. The lowest BCUT2D eigenvalue weighted by Gasteiger charge is -2.06. The standard InChI is InChI=1S/C13H8ClFN4O/c14-8-2-1-3-9(15)10(8)11-12(19-20-13(11)16)7-4-5-17-18-6-7/h1-6H,16H2. The van der Waals surface area contributed by atoms with Crippen LogP contribution in [0.4, 0.5) is 10.3 Å². The molecule has 0 amide bonds. The van der Waals surface area contributed by atoms with E-state index < -0.39 is 5.82 Å². The minimum atomic E-state index is -0.504. The highest BCUT2D eigenvalue weighted by Gasteiger charge is 2.22. The second-order valence-corrected chi connectivity index (χ2v) is 4.41. The Morgan fingerprint density at radius 2 is 2.00 bits per heavy atom. The van der Waals surface area contributed by atoms with Crippen LogP contribution in [0.3, 0.4) is 0 Å². The molecule has 3 aromatic rings. The monoisotopic (exact) mass is 290 g/mol. The van der Waals surface area contributed by atoms with Gasteiger partial charge in [-0.25, -0.2) is 4.39 Å². The van der Waals surface area contributed by atoms with Crippen molar-refractivity contribution in [2.45, 2.75) is 0 Å². The molecular formula is C13H8ClFN4O. The molecule has 7 heteroatoms. The first-order chi connectivity index (χ1) is 9.68. The summed E-state index contributed by atoms with van der Waals surface area (Å²) >= 11 is 6.06. The summed E-state index contributed by atoms with van der Waals surface area (Å²) in [5, 5.41) is 11.5. The van der Waals surface area contributed by atoms with E-state index in [1.807, 2.05) is 0 Å². The van der Waals surface area contributed by atoms with Gasteiger partial charge in [-0.3, -0.25) is 0 Å². The van der Waals surface area contributed by atoms with Gasteiger partial charge in [-0.1, -0.05) is 22.8 Å². The van der Waals surface area contributed by atoms with Crippen molar-refractivity contribution < 1.29 is 8.91 Å². The Morgan fingerprint density at radius 3 is 2.70 bits per heavy atom. The van der Waals surface area contributed by atoms with Gasteiger partial charge >= 0.3 is 0 Å². The second kappa shape index (κ2) is 4.90. The number of nitrogens with zero attached hydrogens (tertiary/aromatic N) is 3. The highest BCUT2D eigenvalue weighted by Crippen LogP contribution is 2.40. The third-order valence-electron chi connectivity index (χ3n) is 2.79. The molecule has 0 aliphatic carbocycles. The van der Waals surface area contributed by atoms with E-state index in [0.717, 1.165) is 0 Å². The molecule has 2 heterocycles. The topological polar surface area (TPSA) is 77.8 Å². The Labute approximate surface area is 118 Å². The van der Waals surface area contributed by atoms with Crippen LogP contribution in [-0.2, 0) is 0 Å². The molecule has 0 spiro atoms. The number of aromatic nitrogens is 3. The van der Waals surface area contributed by atoms with E-state index in [-0.39, 0.29) is 16.5 Å². The van der Waals surface area contributed by atoms with E-state index in [1.54, 1.807) is 12.1 Å². The average molecular weight is 291 g/mol. The molecule has 0 aliphatic rings. The number of rotatable bonds is 2. The minimum Gasteiger partial charge on any atom is -0.367 e. The molecule has 0 bridgehead atoms. The Morgan fingerprint density at radius 1 is 1.15 bits per heavy atom. The maximum atomic E-state index is 14.1. The van der Waals surface area contributed by atoms with Crippen molar-refractivity contribution in [2.24, 2.45) is 0 Å². The van der Waals surface area contributed by atoms with Crippen LogP contribution in [0.5, 0.6) is 0 Å². The first-order valence-corrected chi connectivity index (χ1v) is 6.03. The molecule has 0 unspecified atom stereocenters. The predicted molar refractivity (Wildman–Crippen MR) is 72.3 cm³/mol. The summed E-state index contributed by atoms with van der Waals surface area (Å²) in [7, 11) is 0. The number of hydrogen-bond acceptors (Lipinski definition) is 5. The first-order valence-electron chi connectivity index (χ1n) is 5.65. The van der Waals surface area contributed by atoms with Crippen LogP contribution in [0.1, 0.15) is 0 Å². The van der Waals surface area contributed by atoms with Crippen LogP contribution in [0.25, 0.3) is 22.4 Å². The molecule has 0 aliphatic heterocycles. The number of benzene rings is 1. The summed E-state index contributed by atoms with van der Waals surface area (Å²) in [5.41, 5.74) is 7.19. The molecule has 0 fully saturated rings. The number of nitrogens with two attached hydrogens (primary N) is 1. The smallest absolute Gasteiger partial charge is 0.230 e. The van der Waals surface area contributed by atoms with Gasteiger partial charge in [-0.05, 0) is 18.2 Å². The zero-order valence-corrected chi connectivity index (χ0v) is 10.8. The fraction of sp³-hybridized carbons (Fsp3) is 0. The molecular weight excluding hydrogens is 283 g/mol. The molecule has 1 aromatic carbocycles. The number of nitrogen functional groups attached to an aromatic ring is 1. The van der Waals surface area contributed by atoms with Gasteiger partial charge in [0.15, 0.2) is 0 Å². The maximum absolute atomic E-state index is 14.1. The van der Waals surface area contributed by atoms with E-state index >= 15 is 0 Å². The second-order valence-electron chi connectivity index (χ2n) is 4.00. The molecule has 20 heavy (non-hydrogen) atoms. The van der Waals surface area contributed by atoms with Crippen molar-refractivity contribution in [1.82, 2.24) is 15.4 Å². The predicted octanol–water partition coefficient (Wildman–Crippen LogP) is 3.17. The quantitative estimate of drug-likeness (QED) is 0.784. The average Bonchev–Trinajstić information content (AvgIpc) is 2.82. The molecule has 2 aromatic heterocycles. The number of anilines is 1. The fourth-order valence-corrected chi connectivity index (χ4v) is 2.17. The van der Waals surface area contributed by atoms with Gasteiger partial charge in [0.2, 0.25) is 5.88 Å². The van der Waals surface area contributed by atoms with Gasteiger partial charge in [0.25, 0.3) is 0 Å². The highest BCUT2D eigenvalue weighted by atomic mass is 35.5. The molecule has 0 saturated heterocycles. The Balaban J connectivity index is 2.28.